The molecule has 1 atom stereocenters. The van der Waals surface area contributed by atoms with E-state index in [1.54, 1.807) is 0 Å². The fraction of sp³-hybridized carbons (Fsp3) is 1.00. The maximum atomic E-state index is 5.83. The molecule has 24 heavy (non-hydrogen) atoms. The van der Waals surface area contributed by atoms with Gasteiger partial charge in [-0.3, -0.25) is 0 Å². The molecule has 0 saturated carbocycles. The fourth-order valence-electron chi connectivity index (χ4n) is 3.10. The lowest BCUT2D eigenvalue weighted by Gasteiger charge is -2.10. The van der Waals surface area contributed by atoms with Gasteiger partial charge >= 0.3 is 0 Å². The van der Waals surface area contributed by atoms with Crippen LogP contribution in [-0.2, 0) is 0 Å². The first-order chi connectivity index (χ1) is 11.3. The summed E-state index contributed by atoms with van der Waals surface area (Å²) in [4.78, 5) is 0. The number of rotatable bonds is 19. The summed E-state index contributed by atoms with van der Waals surface area (Å²) in [6, 6.07) is 0. The number of hydrogen-bond acceptors (Lipinski definition) is 2. The van der Waals surface area contributed by atoms with Crippen LogP contribution in [0.15, 0.2) is 0 Å². The Labute approximate surface area is 159 Å². The van der Waals surface area contributed by atoms with Crippen LogP contribution in [0.25, 0.3) is 0 Å². The Bertz CT molecular complexity index is 212. The Morgan fingerprint density at radius 3 is 1.25 bits per heavy atom. The Hall–Kier alpha value is 0.210. The Kier molecular flexibility index (Phi) is 25.6. The molecule has 148 valence electrons. The number of nitrogens with one attached hydrogen (secondary N) is 1. The van der Waals surface area contributed by atoms with Crippen molar-refractivity contribution in [2.45, 2.75) is 129 Å². The van der Waals surface area contributed by atoms with Crippen LogP contribution < -0.4 is 11.1 Å². The van der Waals surface area contributed by atoms with Gasteiger partial charge in [-0.1, -0.05) is 110 Å². The minimum absolute atomic E-state index is 0. The monoisotopic (exact) mass is 362 g/mol. The van der Waals surface area contributed by atoms with Crippen LogP contribution in [0.1, 0.15) is 123 Å². The van der Waals surface area contributed by atoms with E-state index in [-0.39, 0.29) is 18.6 Å². The second-order valence-corrected chi connectivity index (χ2v) is 7.27. The lowest BCUT2D eigenvalue weighted by atomic mass is 10.0. The summed E-state index contributed by atoms with van der Waals surface area (Å²) < 4.78 is 0. The van der Waals surface area contributed by atoms with E-state index < -0.39 is 0 Å². The predicted octanol–water partition coefficient (Wildman–Crippen LogP) is 6.95. The van der Waals surface area contributed by atoms with Gasteiger partial charge in [-0.2, -0.15) is 0 Å². The van der Waals surface area contributed by atoms with Crippen LogP contribution in [-0.4, -0.2) is 12.7 Å². The molecular formula is C21H47ClN2. The molecule has 0 heterocycles. The maximum Gasteiger partial charge on any atom is 0.0543 e. The highest BCUT2D eigenvalue weighted by molar-refractivity contribution is 5.85. The van der Waals surface area contributed by atoms with Crippen molar-refractivity contribution >= 4 is 12.4 Å². The van der Waals surface area contributed by atoms with Crippen molar-refractivity contribution in [3.05, 3.63) is 0 Å². The molecule has 0 aliphatic heterocycles. The Balaban J connectivity index is 0. The van der Waals surface area contributed by atoms with Gasteiger partial charge < -0.3 is 11.1 Å². The third-order valence-electron chi connectivity index (χ3n) is 4.88. The average Bonchev–Trinajstić information content (AvgIpc) is 2.57. The first-order valence-electron chi connectivity index (χ1n) is 10.8. The zero-order valence-electron chi connectivity index (χ0n) is 16.8. The summed E-state index contributed by atoms with van der Waals surface area (Å²) in [5, 5.41) is 3.36. The van der Waals surface area contributed by atoms with Gasteiger partial charge in [0.25, 0.3) is 0 Å². The largest absolute Gasteiger partial charge is 0.316 e. The van der Waals surface area contributed by atoms with Crippen LogP contribution in [0.2, 0.25) is 0 Å². The summed E-state index contributed by atoms with van der Waals surface area (Å²) in [6.07, 6.45) is 24.1. The zero-order valence-corrected chi connectivity index (χ0v) is 17.6. The van der Waals surface area contributed by atoms with Crippen molar-refractivity contribution < 1.29 is 0 Å². The van der Waals surface area contributed by atoms with E-state index in [2.05, 4.69) is 19.2 Å². The van der Waals surface area contributed by atoms with Gasteiger partial charge in [0.15, 0.2) is 0 Å². The van der Waals surface area contributed by atoms with Crippen molar-refractivity contribution in [2.75, 3.05) is 6.54 Å². The maximum absolute atomic E-state index is 5.83. The number of halogens is 1. The molecule has 0 rings (SSSR count). The Morgan fingerprint density at radius 1 is 0.583 bits per heavy atom. The van der Waals surface area contributed by atoms with Crippen molar-refractivity contribution in [3.63, 3.8) is 0 Å². The molecule has 0 amide bonds. The molecule has 0 aliphatic rings. The van der Waals surface area contributed by atoms with Crippen molar-refractivity contribution in [1.29, 1.82) is 0 Å². The fourth-order valence-corrected chi connectivity index (χ4v) is 3.10. The van der Waals surface area contributed by atoms with Gasteiger partial charge in [-0.05, 0) is 19.4 Å². The summed E-state index contributed by atoms with van der Waals surface area (Å²) in [7, 11) is 0. The molecule has 3 N–H and O–H groups in total. The zero-order chi connectivity index (χ0) is 17.0. The van der Waals surface area contributed by atoms with E-state index in [1.807, 2.05) is 0 Å². The van der Waals surface area contributed by atoms with Crippen LogP contribution in [0.5, 0.6) is 0 Å². The molecule has 1 unspecified atom stereocenters. The minimum atomic E-state index is 0. The van der Waals surface area contributed by atoms with Crippen molar-refractivity contribution in [3.8, 4) is 0 Å². The standard InChI is InChI=1S/C21H46N2.ClH/c1-3-5-6-7-8-9-10-11-12-13-14-15-16-17-18-19-20-23-21(22)4-2;/h21,23H,3-20,22H2,1-2H3;1H. The molecule has 0 aromatic rings. The van der Waals surface area contributed by atoms with Crippen LogP contribution in [0, 0.1) is 0 Å². The molecule has 0 radical (unpaired) electrons. The lowest BCUT2D eigenvalue weighted by molar-refractivity contribution is 0.485. The van der Waals surface area contributed by atoms with Gasteiger partial charge in [0.2, 0.25) is 0 Å². The van der Waals surface area contributed by atoms with Gasteiger partial charge in [-0.25, -0.2) is 0 Å². The number of hydrogen-bond donors (Lipinski definition) is 2. The van der Waals surface area contributed by atoms with Gasteiger partial charge in [0.05, 0.1) is 6.17 Å². The average molecular weight is 363 g/mol. The summed E-state index contributed by atoms with van der Waals surface area (Å²) in [5.41, 5.74) is 5.83. The van der Waals surface area contributed by atoms with E-state index in [0.29, 0.717) is 0 Å². The quantitative estimate of drug-likeness (QED) is 0.192. The smallest absolute Gasteiger partial charge is 0.0543 e. The predicted molar refractivity (Wildman–Crippen MR) is 113 cm³/mol. The van der Waals surface area contributed by atoms with Gasteiger partial charge in [0, 0.05) is 0 Å². The molecule has 0 bridgehead atoms. The normalized spacial score (nSPS) is 12.1. The first kappa shape index (κ1) is 26.4. The molecule has 0 fully saturated rings. The molecule has 0 saturated heterocycles. The van der Waals surface area contributed by atoms with Gasteiger partial charge in [-0.15, -0.1) is 12.4 Å². The summed E-state index contributed by atoms with van der Waals surface area (Å²) in [6.45, 7) is 5.51. The molecule has 3 heteroatoms. The number of nitrogens with two attached hydrogens (primary N) is 1. The molecule has 0 spiro atoms. The highest BCUT2D eigenvalue weighted by atomic mass is 35.5. The van der Waals surface area contributed by atoms with Crippen LogP contribution in [0.3, 0.4) is 0 Å². The lowest BCUT2D eigenvalue weighted by Crippen LogP contribution is -2.37. The van der Waals surface area contributed by atoms with E-state index in [9.17, 15) is 0 Å². The molecular weight excluding hydrogens is 316 g/mol. The molecule has 2 nitrogen and oxygen atoms in total. The van der Waals surface area contributed by atoms with E-state index >= 15 is 0 Å². The first-order valence-corrected chi connectivity index (χ1v) is 10.8. The highest BCUT2D eigenvalue weighted by Gasteiger charge is 1.97. The van der Waals surface area contributed by atoms with Gasteiger partial charge in [0.1, 0.15) is 0 Å². The van der Waals surface area contributed by atoms with E-state index in [1.165, 1.54) is 103 Å². The van der Waals surface area contributed by atoms with E-state index in [0.717, 1.165) is 13.0 Å². The molecule has 0 aromatic heterocycles. The van der Waals surface area contributed by atoms with E-state index in [4.69, 9.17) is 5.73 Å². The second-order valence-electron chi connectivity index (χ2n) is 7.27. The third-order valence-corrected chi connectivity index (χ3v) is 4.88. The summed E-state index contributed by atoms with van der Waals surface area (Å²) >= 11 is 0. The Morgan fingerprint density at radius 2 is 0.917 bits per heavy atom. The highest BCUT2D eigenvalue weighted by Crippen LogP contribution is 2.13. The van der Waals surface area contributed by atoms with Crippen molar-refractivity contribution in [2.24, 2.45) is 5.73 Å². The molecule has 0 aliphatic carbocycles. The number of unbranched alkanes of at least 4 members (excludes halogenated alkanes) is 15. The van der Waals surface area contributed by atoms with Crippen molar-refractivity contribution in [1.82, 2.24) is 5.32 Å². The third kappa shape index (κ3) is 22.2. The SMILES string of the molecule is CCCCCCCCCCCCCCCCCCNC(N)CC.Cl. The van der Waals surface area contributed by atoms with Crippen LogP contribution >= 0.6 is 12.4 Å². The summed E-state index contributed by atoms with van der Waals surface area (Å²) in [5.74, 6) is 0. The second kappa shape index (κ2) is 23.2. The van der Waals surface area contributed by atoms with Crippen LogP contribution in [0.4, 0.5) is 0 Å². The molecule has 0 aromatic carbocycles. The minimum Gasteiger partial charge on any atom is -0.316 e. The topological polar surface area (TPSA) is 38.0 Å².